The molecular formula is C12H8N4O2. The molecule has 0 radical (unpaired) electrons. The van der Waals surface area contributed by atoms with Crippen LogP contribution in [0.4, 0.5) is 0 Å². The lowest BCUT2D eigenvalue weighted by Gasteiger charge is -2.00. The Morgan fingerprint density at radius 2 is 2.33 bits per heavy atom. The number of aromatic nitrogens is 3. The van der Waals surface area contributed by atoms with E-state index >= 15 is 0 Å². The minimum absolute atomic E-state index is 0.327. The van der Waals surface area contributed by atoms with Crippen LogP contribution in [0.1, 0.15) is 5.56 Å². The molecule has 0 aromatic carbocycles. The van der Waals surface area contributed by atoms with Crippen molar-refractivity contribution >= 4 is 12.0 Å². The Kier molecular flexibility index (Phi) is 3.16. The van der Waals surface area contributed by atoms with Crippen LogP contribution in [-0.2, 0) is 4.79 Å². The van der Waals surface area contributed by atoms with Crippen LogP contribution in [-0.4, -0.2) is 25.6 Å². The number of nitrogens with zero attached hydrogens (tertiary/aromatic N) is 4. The molecule has 0 saturated heterocycles. The summed E-state index contributed by atoms with van der Waals surface area (Å²) in [6.45, 7) is 0. The topological polar surface area (TPSA) is 91.8 Å². The molecule has 2 rings (SSSR count). The molecule has 6 nitrogen and oxygen atoms in total. The van der Waals surface area contributed by atoms with Crippen LogP contribution in [0.5, 0.6) is 0 Å². The fraction of sp³-hybridized carbons (Fsp3) is 0. The van der Waals surface area contributed by atoms with E-state index in [2.05, 4.69) is 9.97 Å². The molecule has 0 unspecified atom stereocenters. The Balaban J connectivity index is 2.29. The number of hydrogen-bond acceptors (Lipinski definition) is 4. The van der Waals surface area contributed by atoms with Gasteiger partial charge in [0.2, 0.25) is 0 Å². The number of hydrogen-bond donors (Lipinski definition) is 1. The quantitative estimate of drug-likeness (QED) is 0.644. The molecule has 18 heavy (non-hydrogen) atoms. The second-order valence-corrected chi connectivity index (χ2v) is 3.39. The Labute approximate surface area is 102 Å². The summed E-state index contributed by atoms with van der Waals surface area (Å²) in [5, 5.41) is 17.3. The van der Waals surface area contributed by atoms with E-state index < -0.39 is 5.97 Å². The van der Waals surface area contributed by atoms with Crippen LogP contribution in [0.3, 0.4) is 0 Å². The molecule has 88 valence electrons. The third kappa shape index (κ3) is 2.41. The van der Waals surface area contributed by atoms with Gasteiger partial charge in [0.25, 0.3) is 0 Å². The maximum Gasteiger partial charge on any atom is 0.346 e. The Bertz CT molecular complexity index is 621. The number of carbonyl (C=O) groups is 1. The molecule has 0 spiro atoms. The number of carboxylic acids is 1. The van der Waals surface area contributed by atoms with Gasteiger partial charge in [-0.3, -0.25) is 4.57 Å². The van der Waals surface area contributed by atoms with Crippen molar-refractivity contribution in [2.45, 2.75) is 0 Å². The molecule has 0 aliphatic carbocycles. The van der Waals surface area contributed by atoms with E-state index in [0.29, 0.717) is 11.4 Å². The summed E-state index contributed by atoms with van der Waals surface area (Å²) in [6.07, 6.45) is 7.75. The predicted octanol–water partition coefficient (Wildman–Crippen LogP) is 1.26. The van der Waals surface area contributed by atoms with E-state index in [4.69, 9.17) is 10.4 Å². The van der Waals surface area contributed by atoms with Crippen molar-refractivity contribution in [1.82, 2.24) is 14.5 Å². The van der Waals surface area contributed by atoms with Crippen LogP contribution in [0.15, 0.2) is 42.6 Å². The minimum Gasteiger partial charge on any atom is -0.477 e. The molecule has 2 heterocycles. The lowest BCUT2D eigenvalue weighted by molar-refractivity contribution is -0.132. The monoisotopic (exact) mass is 240 g/mol. The van der Waals surface area contributed by atoms with Gasteiger partial charge in [-0.15, -0.1) is 0 Å². The number of aliphatic carboxylic acids is 1. The number of pyridine rings is 1. The van der Waals surface area contributed by atoms with Crippen LogP contribution < -0.4 is 0 Å². The van der Waals surface area contributed by atoms with Crippen molar-refractivity contribution in [1.29, 1.82) is 5.26 Å². The van der Waals surface area contributed by atoms with E-state index in [1.54, 1.807) is 41.5 Å². The normalized spacial score (nSPS) is 10.9. The van der Waals surface area contributed by atoms with Crippen molar-refractivity contribution in [2.75, 3.05) is 0 Å². The predicted molar refractivity (Wildman–Crippen MR) is 62.6 cm³/mol. The molecule has 0 saturated carbocycles. The summed E-state index contributed by atoms with van der Waals surface area (Å²) in [5.41, 5.74) is 0.227. The summed E-state index contributed by atoms with van der Waals surface area (Å²) in [6, 6.07) is 5.01. The zero-order valence-corrected chi connectivity index (χ0v) is 9.19. The molecule has 2 aromatic rings. The van der Waals surface area contributed by atoms with E-state index in [9.17, 15) is 4.79 Å². The Morgan fingerprint density at radius 1 is 1.50 bits per heavy atom. The van der Waals surface area contributed by atoms with Crippen LogP contribution in [0, 0.1) is 11.3 Å². The zero-order valence-electron chi connectivity index (χ0n) is 9.19. The van der Waals surface area contributed by atoms with Crippen molar-refractivity contribution in [2.24, 2.45) is 0 Å². The van der Waals surface area contributed by atoms with E-state index in [1.165, 1.54) is 12.3 Å². The molecule has 0 amide bonds. The summed E-state index contributed by atoms with van der Waals surface area (Å²) in [7, 11) is 0. The third-order valence-corrected chi connectivity index (χ3v) is 2.20. The lowest BCUT2D eigenvalue weighted by Crippen LogP contribution is -1.98. The maximum absolute atomic E-state index is 10.7. The minimum atomic E-state index is -1.25. The van der Waals surface area contributed by atoms with Crippen molar-refractivity contribution < 1.29 is 9.90 Å². The third-order valence-electron chi connectivity index (χ3n) is 2.20. The van der Waals surface area contributed by atoms with Crippen LogP contribution in [0.2, 0.25) is 0 Å². The lowest BCUT2D eigenvalue weighted by atomic mass is 10.2. The summed E-state index contributed by atoms with van der Waals surface area (Å²) in [4.78, 5) is 18.7. The molecule has 0 atom stereocenters. The molecule has 2 aromatic heterocycles. The van der Waals surface area contributed by atoms with Crippen molar-refractivity contribution in [3.63, 3.8) is 0 Å². The second kappa shape index (κ2) is 4.93. The standard InChI is InChI=1S/C12H8N4O2/c13-6-10(12(17)18)5-9-1-2-11(15-7-9)16-4-3-14-8-16/h1-5,7-8H,(H,17,18)/b10-5-. The fourth-order valence-electron chi connectivity index (χ4n) is 1.34. The maximum atomic E-state index is 10.7. The van der Waals surface area contributed by atoms with Gasteiger partial charge in [0, 0.05) is 18.6 Å². The van der Waals surface area contributed by atoms with Gasteiger partial charge in [0.1, 0.15) is 23.8 Å². The van der Waals surface area contributed by atoms with Crippen molar-refractivity contribution in [3.8, 4) is 11.9 Å². The summed E-state index contributed by atoms with van der Waals surface area (Å²) >= 11 is 0. The molecule has 0 aliphatic heterocycles. The highest BCUT2D eigenvalue weighted by Gasteiger charge is 2.05. The van der Waals surface area contributed by atoms with E-state index in [0.717, 1.165) is 0 Å². The first-order chi connectivity index (χ1) is 8.70. The van der Waals surface area contributed by atoms with Crippen molar-refractivity contribution in [3.05, 3.63) is 48.2 Å². The Morgan fingerprint density at radius 3 is 2.83 bits per heavy atom. The molecule has 0 fully saturated rings. The van der Waals surface area contributed by atoms with Crippen LogP contribution >= 0.6 is 0 Å². The fourth-order valence-corrected chi connectivity index (χ4v) is 1.34. The highest BCUT2D eigenvalue weighted by atomic mass is 16.4. The average Bonchev–Trinajstić information content (AvgIpc) is 2.90. The van der Waals surface area contributed by atoms with Gasteiger partial charge in [-0.2, -0.15) is 5.26 Å². The van der Waals surface area contributed by atoms with Gasteiger partial charge < -0.3 is 5.11 Å². The largest absolute Gasteiger partial charge is 0.477 e. The van der Waals surface area contributed by atoms with Gasteiger partial charge >= 0.3 is 5.97 Å². The molecule has 6 heteroatoms. The van der Waals surface area contributed by atoms with Gasteiger partial charge in [-0.25, -0.2) is 14.8 Å². The summed E-state index contributed by atoms with van der Waals surface area (Å²) in [5.74, 6) is -0.588. The van der Waals surface area contributed by atoms with Gasteiger partial charge in [-0.05, 0) is 23.8 Å². The molecule has 0 aliphatic rings. The number of imidazole rings is 1. The smallest absolute Gasteiger partial charge is 0.346 e. The first-order valence-electron chi connectivity index (χ1n) is 5.00. The van der Waals surface area contributed by atoms with Gasteiger partial charge in [0.05, 0.1) is 0 Å². The van der Waals surface area contributed by atoms with E-state index in [-0.39, 0.29) is 5.57 Å². The molecule has 0 bridgehead atoms. The van der Waals surface area contributed by atoms with Gasteiger partial charge in [0.15, 0.2) is 0 Å². The molecule has 1 N–H and O–H groups in total. The zero-order chi connectivity index (χ0) is 13.0. The average molecular weight is 240 g/mol. The summed E-state index contributed by atoms with van der Waals surface area (Å²) < 4.78 is 1.72. The highest BCUT2D eigenvalue weighted by molar-refractivity contribution is 5.96. The first kappa shape index (κ1) is 11.5. The second-order valence-electron chi connectivity index (χ2n) is 3.39. The number of carboxylic acid groups (broad SMARTS) is 1. The number of rotatable bonds is 3. The first-order valence-corrected chi connectivity index (χ1v) is 5.00. The van der Waals surface area contributed by atoms with Crippen LogP contribution in [0.25, 0.3) is 11.9 Å². The van der Waals surface area contributed by atoms with E-state index in [1.807, 2.05) is 0 Å². The SMILES string of the molecule is N#C/C(=C/c1ccc(-n2ccnc2)nc1)C(=O)O. The Hall–Kier alpha value is -2.94. The van der Waals surface area contributed by atoms with Gasteiger partial charge in [-0.1, -0.05) is 0 Å². The highest BCUT2D eigenvalue weighted by Crippen LogP contribution is 2.09. The number of nitriles is 1. The molecular weight excluding hydrogens is 232 g/mol.